The summed E-state index contributed by atoms with van der Waals surface area (Å²) in [6.45, 7) is 9.85. The average Bonchev–Trinajstić information content (AvgIpc) is 3.38. The van der Waals surface area contributed by atoms with Crippen molar-refractivity contribution in [3.8, 4) is 5.75 Å². The summed E-state index contributed by atoms with van der Waals surface area (Å²) in [5, 5.41) is 6.38. The highest BCUT2D eigenvalue weighted by Crippen LogP contribution is 2.65. The zero-order valence-electron chi connectivity index (χ0n) is 18.3. The monoisotopic (exact) mass is 415 g/mol. The van der Waals surface area contributed by atoms with Gasteiger partial charge in [-0.2, -0.15) is 0 Å². The summed E-state index contributed by atoms with van der Waals surface area (Å²) in [5.74, 6) is 1.44. The second-order valence-corrected chi connectivity index (χ2v) is 10.2. The van der Waals surface area contributed by atoms with Crippen molar-refractivity contribution in [2.75, 3.05) is 13.2 Å². The number of fused-ring (bicyclic) bond motifs is 3. The quantitative estimate of drug-likeness (QED) is 0.790. The van der Waals surface area contributed by atoms with E-state index in [2.05, 4.69) is 36.4 Å². The number of hydrogen-bond acceptors (Lipinski definition) is 5. The van der Waals surface area contributed by atoms with Crippen molar-refractivity contribution in [3.63, 3.8) is 0 Å². The Labute approximate surface area is 178 Å². The highest BCUT2D eigenvalue weighted by atomic mass is 16.6. The zero-order chi connectivity index (χ0) is 21.1. The van der Waals surface area contributed by atoms with Crippen LogP contribution in [0.25, 0.3) is 0 Å². The van der Waals surface area contributed by atoms with Gasteiger partial charge in [0.1, 0.15) is 18.0 Å². The normalized spacial score (nSPS) is 40.9. The van der Waals surface area contributed by atoms with E-state index in [1.165, 1.54) is 12.8 Å². The topological polar surface area (TPSA) is 81.7 Å². The van der Waals surface area contributed by atoms with Gasteiger partial charge in [0.25, 0.3) is 0 Å². The van der Waals surface area contributed by atoms with E-state index in [9.17, 15) is 4.79 Å². The van der Waals surface area contributed by atoms with Gasteiger partial charge in [-0.3, -0.25) is 4.98 Å². The summed E-state index contributed by atoms with van der Waals surface area (Å²) >= 11 is 0. The molecule has 4 aliphatic rings. The van der Waals surface area contributed by atoms with Crippen LogP contribution in [0.4, 0.5) is 4.79 Å². The van der Waals surface area contributed by atoms with E-state index in [4.69, 9.17) is 14.2 Å². The molecule has 1 aromatic heterocycles. The summed E-state index contributed by atoms with van der Waals surface area (Å²) in [7, 11) is 0. The Kier molecular flexibility index (Phi) is 4.74. The Balaban J connectivity index is 1.18. The number of nitrogens with zero attached hydrogens (tertiary/aromatic N) is 1. The molecule has 4 fully saturated rings. The molecule has 7 heteroatoms. The van der Waals surface area contributed by atoms with E-state index in [0.29, 0.717) is 19.1 Å². The summed E-state index contributed by atoms with van der Waals surface area (Å²) in [4.78, 5) is 17.1. The van der Waals surface area contributed by atoms with Gasteiger partial charge < -0.3 is 24.8 Å². The van der Waals surface area contributed by atoms with Crippen molar-refractivity contribution in [2.24, 2.45) is 16.7 Å². The van der Waals surface area contributed by atoms with E-state index >= 15 is 0 Å². The molecule has 2 bridgehead atoms. The minimum Gasteiger partial charge on any atom is -0.483 e. The third kappa shape index (κ3) is 3.01. The van der Waals surface area contributed by atoms with Crippen LogP contribution >= 0.6 is 0 Å². The van der Waals surface area contributed by atoms with E-state index in [-0.39, 0.29) is 47.3 Å². The Hall–Kier alpha value is -1.86. The van der Waals surface area contributed by atoms with Gasteiger partial charge in [0, 0.05) is 12.2 Å². The molecular formula is C23H33N3O4. The molecule has 2 saturated carbocycles. The van der Waals surface area contributed by atoms with Crippen LogP contribution in [0.3, 0.4) is 0 Å². The molecule has 2 saturated heterocycles. The largest absolute Gasteiger partial charge is 0.483 e. The lowest BCUT2D eigenvalue weighted by molar-refractivity contribution is 0.0299. The molecule has 7 atom stereocenters. The van der Waals surface area contributed by atoms with Crippen LogP contribution < -0.4 is 15.4 Å². The lowest BCUT2D eigenvalue weighted by Gasteiger charge is -2.39. The highest BCUT2D eigenvalue weighted by molar-refractivity contribution is 5.75. The number of aryl methyl sites for hydroxylation is 1. The summed E-state index contributed by atoms with van der Waals surface area (Å²) < 4.78 is 18.1. The van der Waals surface area contributed by atoms with Crippen molar-refractivity contribution in [2.45, 2.75) is 77.4 Å². The van der Waals surface area contributed by atoms with E-state index in [1.807, 2.05) is 19.1 Å². The van der Waals surface area contributed by atoms with Gasteiger partial charge in [0.2, 0.25) is 0 Å². The Morgan fingerprint density at radius 2 is 2.00 bits per heavy atom. The van der Waals surface area contributed by atoms with Crippen LogP contribution in [-0.2, 0) is 9.47 Å². The van der Waals surface area contributed by atoms with Gasteiger partial charge >= 0.3 is 6.03 Å². The van der Waals surface area contributed by atoms with Gasteiger partial charge in [0.15, 0.2) is 6.10 Å². The molecule has 0 spiro atoms. The maximum Gasteiger partial charge on any atom is 0.315 e. The van der Waals surface area contributed by atoms with Crippen molar-refractivity contribution < 1.29 is 19.0 Å². The van der Waals surface area contributed by atoms with Crippen LogP contribution in [0, 0.1) is 23.7 Å². The Morgan fingerprint density at radius 3 is 2.70 bits per heavy atom. The third-order valence-electron chi connectivity index (χ3n) is 8.66. The minimum atomic E-state index is -0.196. The summed E-state index contributed by atoms with van der Waals surface area (Å²) in [6.07, 6.45) is 4.70. The number of amides is 2. The molecule has 7 nitrogen and oxygen atoms in total. The second-order valence-electron chi connectivity index (χ2n) is 10.2. The lowest BCUT2D eigenvalue weighted by Crippen LogP contribution is -2.54. The zero-order valence-corrected chi connectivity index (χ0v) is 18.3. The van der Waals surface area contributed by atoms with Gasteiger partial charge in [-0.1, -0.05) is 20.8 Å². The van der Waals surface area contributed by atoms with Crippen LogP contribution in [0.1, 0.15) is 45.7 Å². The molecular weight excluding hydrogens is 382 g/mol. The number of nitrogens with one attached hydrogen (secondary N) is 2. The molecule has 0 aromatic carbocycles. The second kappa shape index (κ2) is 7.09. The number of carbonyl (C=O) groups is 1. The number of ether oxygens (including phenoxy) is 3. The number of rotatable bonds is 4. The fraction of sp³-hybridized carbons (Fsp3) is 0.739. The molecule has 30 heavy (non-hydrogen) atoms. The predicted octanol–water partition coefficient (Wildman–Crippen LogP) is 2.82. The van der Waals surface area contributed by atoms with Crippen LogP contribution in [-0.4, -0.2) is 54.6 Å². The van der Waals surface area contributed by atoms with Crippen molar-refractivity contribution in [1.82, 2.24) is 15.6 Å². The number of pyridine rings is 1. The lowest BCUT2D eigenvalue weighted by atomic mass is 9.69. The average molecular weight is 416 g/mol. The van der Waals surface area contributed by atoms with Crippen LogP contribution in [0.2, 0.25) is 0 Å². The Morgan fingerprint density at radius 1 is 1.20 bits per heavy atom. The molecule has 2 N–H and O–H groups in total. The molecule has 2 amide bonds. The van der Waals surface area contributed by atoms with E-state index in [1.54, 1.807) is 6.20 Å². The SMILES string of the molecule is Cc1ncccc1OC1COC2C(NC(=O)N[C@H]3C[C@H]4CC[C@]3(C)C4(C)C)COC12. The van der Waals surface area contributed by atoms with Crippen LogP contribution in [0.15, 0.2) is 18.3 Å². The molecule has 5 rings (SSSR count). The molecule has 2 aliphatic heterocycles. The number of carbonyl (C=O) groups excluding carboxylic acids is 1. The standard InChI is InChI=1S/C23H33N3O4/c1-13-16(6-5-9-24-13)30-17-12-29-19-15(11-28-20(17)19)25-21(27)26-18-10-14-7-8-23(18,4)22(14,2)3/h5-6,9,14-15,17-20H,7-8,10-12H2,1-4H3,(H2,25,26,27)/t14-,15?,17?,18+,19?,20?,23+/m1/s1. The molecule has 164 valence electrons. The minimum absolute atomic E-state index is 0.116. The first-order valence-corrected chi connectivity index (χ1v) is 11.2. The van der Waals surface area contributed by atoms with Crippen molar-refractivity contribution >= 4 is 6.03 Å². The van der Waals surface area contributed by atoms with E-state index in [0.717, 1.165) is 17.9 Å². The predicted molar refractivity (Wildman–Crippen MR) is 111 cm³/mol. The highest BCUT2D eigenvalue weighted by Gasteiger charge is 2.61. The summed E-state index contributed by atoms with van der Waals surface area (Å²) in [5.41, 5.74) is 1.28. The maximum absolute atomic E-state index is 12.8. The van der Waals surface area contributed by atoms with Crippen LogP contribution in [0.5, 0.6) is 5.75 Å². The van der Waals surface area contributed by atoms with Gasteiger partial charge in [-0.25, -0.2) is 4.79 Å². The number of urea groups is 1. The van der Waals surface area contributed by atoms with Gasteiger partial charge in [0.05, 0.1) is 24.9 Å². The molecule has 0 radical (unpaired) electrons. The molecule has 1 aromatic rings. The fourth-order valence-electron chi connectivity index (χ4n) is 6.24. The fourth-order valence-corrected chi connectivity index (χ4v) is 6.24. The Bertz CT molecular complexity index is 830. The van der Waals surface area contributed by atoms with Crippen molar-refractivity contribution in [3.05, 3.63) is 24.0 Å². The maximum atomic E-state index is 12.8. The van der Waals surface area contributed by atoms with E-state index < -0.39 is 0 Å². The van der Waals surface area contributed by atoms with Gasteiger partial charge in [-0.05, 0) is 55.1 Å². The van der Waals surface area contributed by atoms with Crippen molar-refractivity contribution in [1.29, 1.82) is 0 Å². The summed E-state index contributed by atoms with van der Waals surface area (Å²) in [6, 6.07) is 3.70. The number of hydrogen-bond donors (Lipinski definition) is 2. The first-order chi connectivity index (χ1) is 14.3. The first-order valence-electron chi connectivity index (χ1n) is 11.2. The molecule has 4 unspecified atom stereocenters. The smallest absolute Gasteiger partial charge is 0.315 e. The molecule has 3 heterocycles. The number of aromatic nitrogens is 1. The van der Waals surface area contributed by atoms with Gasteiger partial charge in [-0.15, -0.1) is 0 Å². The third-order valence-corrected chi connectivity index (χ3v) is 8.66. The first kappa shape index (κ1) is 20.1. The molecule has 2 aliphatic carbocycles.